The first-order valence-electron chi connectivity index (χ1n) is 34.3. The topological polar surface area (TPSA) is 369 Å². The van der Waals surface area contributed by atoms with E-state index in [0.717, 1.165) is 152 Å². The number of nitrogens with two attached hydrogens (primary N) is 3. The monoisotopic (exact) mass is 1860 g/mol. The second-order valence-electron chi connectivity index (χ2n) is 26.1. The molecule has 2 atom stereocenters. The van der Waals surface area contributed by atoms with Crippen molar-refractivity contribution in [1.29, 1.82) is 15.8 Å². The number of Topliss-reactive ketones (excluding diaryl/α,β-unsaturated/α-hetero) is 2. The fraction of sp³-hybridized carbons (Fsp3) is 0.190. The van der Waals surface area contributed by atoms with E-state index in [4.69, 9.17) is 32.3 Å². The molecular formula is C84H67Br6N11O10. The minimum absolute atomic E-state index is 0.00620. The predicted molar refractivity (Wildman–Crippen MR) is 443 cm³/mol. The van der Waals surface area contributed by atoms with E-state index < -0.39 is 17.8 Å². The van der Waals surface area contributed by atoms with Crippen molar-refractivity contribution in [3.63, 3.8) is 0 Å². The average Bonchev–Trinajstić information content (AvgIpc) is 1.62. The molecular weight excluding hydrogens is 1800 g/mol. The number of carboxylic acids is 1. The predicted octanol–water partition coefficient (Wildman–Crippen LogP) is 15.7. The van der Waals surface area contributed by atoms with E-state index in [0.29, 0.717) is 89.2 Å². The van der Waals surface area contributed by atoms with Gasteiger partial charge in [-0.1, -0.05) is 120 Å². The maximum absolute atomic E-state index is 12.0. The van der Waals surface area contributed by atoms with E-state index in [9.17, 15) is 48.9 Å². The van der Waals surface area contributed by atoms with Gasteiger partial charge in [-0.3, -0.25) is 43.5 Å². The molecule has 6 aromatic carbocycles. The Morgan fingerprint density at radius 1 is 0.559 bits per heavy atom. The van der Waals surface area contributed by atoms with Crippen molar-refractivity contribution in [2.45, 2.75) is 78.4 Å². The first-order valence-corrected chi connectivity index (χ1v) is 39.0. The molecule has 8 N–H and O–H groups in total. The van der Waals surface area contributed by atoms with Crippen LogP contribution < -0.4 is 22.5 Å². The number of nitriles is 3. The molecule has 111 heavy (non-hydrogen) atoms. The summed E-state index contributed by atoms with van der Waals surface area (Å²) >= 11 is 20.9. The Labute approximate surface area is 689 Å². The van der Waals surface area contributed by atoms with E-state index in [1.807, 2.05) is 74.5 Å². The largest absolute Gasteiger partial charge is 0.477 e. The number of ether oxygens (including phenoxy) is 1. The summed E-state index contributed by atoms with van der Waals surface area (Å²) < 4.78 is 11.1. The van der Waals surface area contributed by atoms with Gasteiger partial charge in [0.2, 0.25) is 17.7 Å². The molecule has 3 heterocycles. The second kappa shape index (κ2) is 36.2. The molecule has 21 nitrogen and oxygen atoms in total. The molecule has 0 saturated heterocycles. The Hall–Kier alpha value is -10.4. The van der Waals surface area contributed by atoms with Gasteiger partial charge in [0.15, 0.2) is 5.78 Å². The van der Waals surface area contributed by atoms with Crippen LogP contribution in [0.2, 0.25) is 0 Å². The van der Waals surface area contributed by atoms with Crippen LogP contribution in [0.5, 0.6) is 0 Å². The van der Waals surface area contributed by atoms with Gasteiger partial charge in [-0.15, -0.1) is 0 Å². The van der Waals surface area contributed by atoms with Crippen molar-refractivity contribution in [3.05, 3.63) is 272 Å². The number of allylic oxidation sites excluding steroid dienone is 4. The van der Waals surface area contributed by atoms with Crippen LogP contribution in [0.25, 0.3) is 50.6 Å². The molecule has 0 saturated carbocycles. The zero-order chi connectivity index (χ0) is 80.6. The van der Waals surface area contributed by atoms with Crippen LogP contribution in [0.1, 0.15) is 174 Å². The SMILES string of the molecule is CC(=O)c1cc2c(cn1)-c1c(Br)ccc(C#N)c1C2.CCOC(C)C(NCC1=CCc2c(C#N)ccc(Br)c21)C(C)=O.CN(C)C(=O)c1cc2c(cn1)-c1c(Br)ccc(C(N)=O)c1C2.N#Cc1ccc(Br)c2c1CC=C2C=O.NC(=O)c1ccc(Br)c2c1CC=C2.NC(=O)c1ccc(Br)c2c1Cc1cc(C(=O)O)ncc1-2. The van der Waals surface area contributed by atoms with Gasteiger partial charge in [0.1, 0.15) is 29.2 Å². The van der Waals surface area contributed by atoms with Gasteiger partial charge in [0, 0.05) is 147 Å². The molecule has 560 valence electrons. The molecule has 15 rings (SSSR count). The zero-order valence-corrected chi connectivity index (χ0v) is 69.9. The number of fused-ring (bicyclic) bond motifs is 12. The van der Waals surface area contributed by atoms with Gasteiger partial charge in [-0.05, 0) is 211 Å². The fourth-order valence-electron chi connectivity index (χ4n) is 13.9. The molecule has 3 aromatic heterocycles. The van der Waals surface area contributed by atoms with Crippen molar-refractivity contribution < 1.29 is 48.2 Å². The van der Waals surface area contributed by atoms with Crippen molar-refractivity contribution in [2.24, 2.45) is 17.2 Å². The van der Waals surface area contributed by atoms with Crippen LogP contribution in [0.15, 0.2) is 155 Å². The number of amides is 4. The normalized spacial score (nSPS) is 12.8. The molecule has 6 aliphatic rings. The third-order valence-electron chi connectivity index (χ3n) is 19.1. The van der Waals surface area contributed by atoms with E-state index in [1.165, 1.54) is 24.1 Å². The molecule has 0 aliphatic heterocycles. The fourth-order valence-corrected chi connectivity index (χ4v) is 17.4. The van der Waals surface area contributed by atoms with Crippen molar-refractivity contribution in [1.82, 2.24) is 25.2 Å². The van der Waals surface area contributed by atoms with Gasteiger partial charge in [0.05, 0.1) is 47.0 Å². The summed E-state index contributed by atoms with van der Waals surface area (Å²) in [6.45, 7) is 8.06. The number of rotatable bonds is 14. The minimum atomic E-state index is -1.07. The summed E-state index contributed by atoms with van der Waals surface area (Å²) in [5.74, 6) is -2.49. The summed E-state index contributed by atoms with van der Waals surface area (Å²) in [5, 5.41) is 39.6. The molecule has 0 radical (unpaired) electrons. The van der Waals surface area contributed by atoms with Crippen molar-refractivity contribution in [3.8, 4) is 51.6 Å². The lowest BCUT2D eigenvalue weighted by molar-refractivity contribution is -0.122. The molecule has 0 fully saturated rings. The lowest BCUT2D eigenvalue weighted by Crippen LogP contribution is -2.45. The maximum atomic E-state index is 12.0. The number of ketones is 2. The number of aldehydes is 1. The van der Waals surface area contributed by atoms with Gasteiger partial charge in [0.25, 0.3) is 5.91 Å². The van der Waals surface area contributed by atoms with Gasteiger partial charge < -0.3 is 37.3 Å². The van der Waals surface area contributed by atoms with E-state index in [-0.39, 0.29) is 41.2 Å². The first kappa shape index (κ1) is 83.1. The summed E-state index contributed by atoms with van der Waals surface area (Å²) in [6.07, 6.45) is 17.5. The average molecular weight is 1870 g/mol. The van der Waals surface area contributed by atoms with Gasteiger partial charge in [-0.25, -0.2) is 9.78 Å². The van der Waals surface area contributed by atoms with Crippen LogP contribution in [0, 0.1) is 34.0 Å². The maximum Gasteiger partial charge on any atom is 0.354 e. The van der Waals surface area contributed by atoms with Crippen LogP contribution in [-0.2, 0) is 52.9 Å². The highest BCUT2D eigenvalue weighted by molar-refractivity contribution is 9.11. The second-order valence-corrected chi connectivity index (χ2v) is 31.2. The molecule has 9 aromatic rings. The Kier molecular flexibility index (Phi) is 27.1. The number of halogens is 6. The van der Waals surface area contributed by atoms with Gasteiger partial charge in [-0.2, -0.15) is 15.8 Å². The Balaban J connectivity index is 0.000000143. The minimum Gasteiger partial charge on any atom is -0.477 e. The molecule has 0 bridgehead atoms. The highest BCUT2D eigenvalue weighted by Gasteiger charge is 2.32. The Morgan fingerprint density at radius 2 is 0.973 bits per heavy atom. The molecule has 27 heteroatoms. The first-order chi connectivity index (χ1) is 53.0. The lowest BCUT2D eigenvalue weighted by Gasteiger charge is -2.23. The number of carbonyl (C=O) groups is 8. The smallest absolute Gasteiger partial charge is 0.354 e. The lowest BCUT2D eigenvalue weighted by atomic mass is 10.0. The number of hydrogen-bond acceptors (Lipinski definition) is 16. The highest BCUT2D eigenvalue weighted by atomic mass is 79.9. The van der Waals surface area contributed by atoms with E-state index in [1.54, 1.807) is 75.9 Å². The van der Waals surface area contributed by atoms with Crippen LogP contribution >= 0.6 is 95.6 Å². The number of carbonyl (C=O) groups excluding carboxylic acids is 7. The molecule has 2 unspecified atom stereocenters. The van der Waals surface area contributed by atoms with Crippen LogP contribution in [0.4, 0.5) is 0 Å². The zero-order valence-electron chi connectivity index (χ0n) is 60.3. The van der Waals surface area contributed by atoms with Crippen LogP contribution in [-0.4, -0.2) is 112 Å². The van der Waals surface area contributed by atoms with Crippen molar-refractivity contribution in [2.75, 3.05) is 27.2 Å². The number of pyridine rings is 3. The number of primary amides is 3. The number of nitrogens with one attached hydrogen (secondary N) is 1. The number of hydrogen-bond donors (Lipinski definition) is 5. The quantitative estimate of drug-likeness (QED) is 0.0499. The Bertz CT molecular complexity index is 5670. The van der Waals surface area contributed by atoms with E-state index in [2.05, 4.69) is 140 Å². The van der Waals surface area contributed by atoms with Crippen molar-refractivity contribution >= 4 is 160 Å². The summed E-state index contributed by atoms with van der Waals surface area (Å²) in [7, 11) is 3.38. The third-order valence-corrected chi connectivity index (χ3v) is 23.1. The third kappa shape index (κ3) is 17.8. The summed E-state index contributed by atoms with van der Waals surface area (Å²) in [4.78, 5) is 105. The number of aromatic carboxylic acids is 1. The highest BCUT2D eigenvalue weighted by Crippen LogP contribution is 2.46. The number of benzene rings is 6. The molecule has 6 aliphatic carbocycles. The standard InChI is InChI=1S/C18H21BrN2O2.C16H14BrN3O2.C15H9BrN2O.C14H9BrN2O3.C11H6BrNO.C10H8BrNO/c1-4-23-12(3)18(11(2)22)21-10-14-5-7-15-13(9-20)6-8-16(19)17(14)15;1-20(2)16(22)13-6-8-5-10-9(15(18)21)3-4-12(17)14(10)11(8)7-19-13;1-8(19)14-5-10-4-11-9(6-17)2-3-13(16)15(11)12(10)7-18-14;15-10-2-1-7(13(16)18)8-3-6-4-11(14(19)20)17-5-9(6)12(8)10;12-10-4-2-7(5-13)9-3-1-8(6-14)11(9)10;11-9-5-4-8(10(12)13)6-2-1-3-7(6)9/h5-6,8,12,18,21H,4,7,10H2,1-3H3;3-4,6-7H,5H2,1-2H3,(H2,18,21);2-3,5,7H,4H2,1H3;1-2,4-5H,3H2,(H2,16,18)(H,19,20);1-2,4,6H,3H2;1,3-5H,2H2,(H2,12,13). The number of nitrogens with zero attached hydrogens (tertiary/aromatic N) is 7. The number of aromatic nitrogens is 3. The molecule has 4 amide bonds. The number of carboxylic acid groups (broad SMARTS) is 1. The van der Waals surface area contributed by atoms with E-state index >= 15 is 0 Å². The van der Waals surface area contributed by atoms with Crippen LogP contribution in [0.3, 0.4) is 0 Å². The molecule has 0 spiro atoms. The Morgan fingerprint density at radius 3 is 1.44 bits per heavy atom. The summed E-state index contributed by atoms with van der Waals surface area (Å²) in [5.41, 5.74) is 39.6. The summed E-state index contributed by atoms with van der Waals surface area (Å²) in [6, 6.07) is 33.0. The van der Waals surface area contributed by atoms with Gasteiger partial charge >= 0.3 is 5.97 Å².